The van der Waals surface area contributed by atoms with Gasteiger partial charge in [0.15, 0.2) is 0 Å². The molecule has 0 radical (unpaired) electrons. The second kappa shape index (κ2) is 10.9. The summed E-state index contributed by atoms with van der Waals surface area (Å²) in [5, 5.41) is 6.92. The van der Waals surface area contributed by atoms with Gasteiger partial charge < -0.3 is 16.4 Å². The van der Waals surface area contributed by atoms with Gasteiger partial charge in [0.05, 0.1) is 0 Å². The summed E-state index contributed by atoms with van der Waals surface area (Å²) in [6, 6.07) is 21.3. The quantitative estimate of drug-likeness (QED) is 0.558. The maximum absolute atomic E-state index is 6.14. The molecule has 0 saturated heterocycles. The van der Waals surface area contributed by atoms with Gasteiger partial charge in [-0.25, -0.2) is 0 Å². The van der Waals surface area contributed by atoms with E-state index in [0.29, 0.717) is 0 Å². The molecule has 2 aromatic rings. The highest BCUT2D eigenvalue weighted by atomic mass is 14.9. The Labute approximate surface area is 140 Å². The number of nitrogens with one attached hydrogen (secondary N) is 2. The first-order valence-electron chi connectivity index (χ1n) is 8.59. The van der Waals surface area contributed by atoms with Crippen LogP contribution in [0, 0.1) is 0 Å². The molecule has 0 saturated carbocycles. The third kappa shape index (κ3) is 7.93. The summed E-state index contributed by atoms with van der Waals surface area (Å²) in [5.74, 6) is 0. The van der Waals surface area contributed by atoms with Crippen molar-refractivity contribution in [2.24, 2.45) is 5.73 Å². The third-order valence-corrected chi connectivity index (χ3v) is 3.96. The van der Waals surface area contributed by atoms with E-state index < -0.39 is 0 Å². The van der Waals surface area contributed by atoms with E-state index in [1.807, 2.05) is 0 Å². The van der Waals surface area contributed by atoms with Crippen LogP contribution in [0.5, 0.6) is 0 Å². The SMILES string of the molecule is NC(CCNCCc1ccccc1)CNCCc1ccccc1. The lowest BCUT2D eigenvalue weighted by Gasteiger charge is -2.13. The fourth-order valence-electron chi connectivity index (χ4n) is 2.56. The van der Waals surface area contributed by atoms with Gasteiger partial charge >= 0.3 is 0 Å². The molecule has 124 valence electrons. The Kier molecular flexibility index (Phi) is 8.41. The first kappa shape index (κ1) is 17.7. The van der Waals surface area contributed by atoms with Crippen LogP contribution in [0.3, 0.4) is 0 Å². The highest BCUT2D eigenvalue weighted by molar-refractivity contribution is 5.15. The van der Waals surface area contributed by atoms with E-state index >= 15 is 0 Å². The van der Waals surface area contributed by atoms with Crippen molar-refractivity contribution in [2.75, 3.05) is 26.2 Å². The second-order valence-corrected chi connectivity index (χ2v) is 5.97. The van der Waals surface area contributed by atoms with Crippen LogP contribution in [0.15, 0.2) is 60.7 Å². The van der Waals surface area contributed by atoms with Crippen LogP contribution in [0.1, 0.15) is 17.5 Å². The Bertz CT molecular complexity index is 513. The summed E-state index contributed by atoms with van der Waals surface area (Å²) in [6.07, 6.45) is 3.14. The molecule has 1 atom stereocenters. The zero-order chi connectivity index (χ0) is 16.2. The standard InChI is InChI=1S/C20H29N3/c21-20(17-23-15-12-19-9-5-2-6-10-19)13-16-22-14-11-18-7-3-1-4-8-18/h1-10,20,22-23H,11-17,21H2. The van der Waals surface area contributed by atoms with Gasteiger partial charge in [-0.2, -0.15) is 0 Å². The molecule has 0 aliphatic rings. The summed E-state index contributed by atoms with van der Waals surface area (Å²) in [4.78, 5) is 0. The van der Waals surface area contributed by atoms with Crippen LogP contribution in [0.25, 0.3) is 0 Å². The van der Waals surface area contributed by atoms with Crippen molar-refractivity contribution < 1.29 is 0 Å². The molecule has 0 fully saturated rings. The van der Waals surface area contributed by atoms with E-state index in [1.54, 1.807) is 0 Å². The van der Waals surface area contributed by atoms with Gasteiger partial charge in [0.25, 0.3) is 0 Å². The number of benzene rings is 2. The zero-order valence-corrected chi connectivity index (χ0v) is 13.9. The Morgan fingerprint density at radius 2 is 1.22 bits per heavy atom. The fraction of sp³-hybridized carbons (Fsp3) is 0.400. The molecule has 4 N–H and O–H groups in total. The Hall–Kier alpha value is -1.68. The molecule has 0 heterocycles. The van der Waals surface area contributed by atoms with Crippen LogP contribution in [0.2, 0.25) is 0 Å². The van der Waals surface area contributed by atoms with Crippen molar-refractivity contribution in [3.05, 3.63) is 71.8 Å². The fourth-order valence-corrected chi connectivity index (χ4v) is 2.56. The smallest absolute Gasteiger partial charge is 0.0177 e. The predicted octanol–water partition coefficient (Wildman–Crippen LogP) is 2.37. The van der Waals surface area contributed by atoms with E-state index in [-0.39, 0.29) is 6.04 Å². The third-order valence-electron chi connectivity index (χ3n) is 3.96. The molecule has 0 spiro atoms. The summed E-state index contributed by atoms with van der Waals surface area (Å²) < 4.78 is 0. The van der Waals surface area contributed by atoms with E-state index in [4.69, 9.17) is 5.73 Å². The van der Waals surface area contributed by atoms with Crippen LogP contribution < -0.4 is 16.4 Å². The monoisotopic (exact) mass is 311 g/mol. The lowest BCUT2D eigenvalue weighted by Crippen LogP contribution is -2.37. The average Bonchev–Trinajstić information content (AvgIpc) is 2.60. The van der Waals surface area contributed by atoms with E-state index in [2.05, 4.69) is 71.3 Å². The number of nitrogens with two attached hydrogens (primary N) is 1. The summed E-state index contributed by atoms with van der Waals surface area (Å²) in [5.41, 5.74) is 8.90. The molecule has 2 rings (SSSR count). The predicted molar refractivity (Wildman–Crippen MR) is 98.6 cm³/mol. The van der Waals surface area contributed by atoms with Gasteiger partial charge in [0.1, 0.15) is 0 Å². The maximum Gasteiger partial charge on any atom is 0.0177 e. The molecule has 0 amide bonds. The lowest BCUT2D eigenvalue weighted by atomic mass is 10.1. The van der Waals surface area contributed by atoms with Gasteiger partial charge in [-0.3, -0.25) is 0 Å². The van der Waals surface area contributed by atoms with E-state index in [1.165, 1.54) is 11.1 Å². The molecular formula is C20H29N3. The van der Waals surface area contributed by atoms with Crippen molar-refractivity contribution >= 4 is 0 Å². The summed E-state index contributed by atoms with van der Waals surface area (Å²) in [6.45, 7) is 3.86. The van der Waals surface area contributed by atoms with Crippen LogP contribution in [0.4, 0.5) is 0 Å². The average molecular weight is 311 g/mol. The van der Waals surface area contributed by atoms with E-state index in [0.717, 1.165) is 45.4 Å². The van der Waals surface area contributed by atoms with Crippen LogP contribution in [-0.2, 0) is 12.8 Å². The highest BCUT2D eigenvalue weighted by Gasteiger charge is 2.01. The molecule has 3 nitrogen and oxygen atoms in total. The molecule has 1 unspecified atom stereocenters. The van der Waals surface area contributed by atoms with Crippen molar-refractivity contribution in [2.45, 2.75) is 25.3 Å². The molecule has 0 aromatic heterocycles. The molecule has 3 heteroatoms. The number of hydrogen-bond donors (Lipinski definition) is 3. The van der Waals surface area contributed by atoms with Crippen LogP contribution in [-0.4, -0.2) is 32.2 Å². The normalized spacial score (nSPS) is 12.2. The minimum absolute atomic E-state index is 0.218. The Morgan fingerprint density at radius 3 is 1.78 bits per heavy atom. The van der Waals surface area contributed by atoms with Gasteiger partial charge in [-0.05, 0) is 50.0 Å². The molecule has 23 heavy (non-hydrogen) atoms. The second-order valence-electron chi connectivity index (χ2n) is 5.97. The lowest BCUT2D eigenvalue weighted by molar-refractivity contribution is 0.521. The molecule has 0 aliphatic carbocycles. The van der Waals surface area contributed by atoms with Gasteiger partial charge in [-0.1, -0.05) is 60.7 Å². The van der Waals surface area contributed by atoms with Crippen molar-refractivity contribution in [1.82, 2.24) is 10.6 Å². The molecular weight excluding hydrogens is 282 g/mol. The zero-order valence-electron chi connectivity index (χ0n) is 13.9. The first-order valence-corrected chi connectivity index (χ1v) is 8.59. The molecule has 0 aliphatic heterocycles. The minimum atomic E-state index is 0.218. The van der Waals surface area contributed by atoms with Crippen molar-refractivity contribution in [3.63, 3.8) is 0 Å². The van der Waals surface area contributed by atoms with Crippen LogP contribution >= 0.6 is 0 Å². The van der Waals surface area contributed by atoms with Crippen molar-refractivity contribution in [1.29, 1.82) is 0 Å². The number of hydrogen-bond acceptors (Lipinski definition) is 3. The Morgan fingerprint density at radius 1 is 0.696 bits per heavy atom. The highest BCUT2D eigenvalue weighted by Crippen LogP contribution is 1.99. The topological polar surface area (TPSA) is 50.1 Å². The van der Waals surface area contributed by atoms with Gasteiger partial charge in [-0.15, -0.1) is 0 Å². The van der Waals surface area contributed by atoms with Gasteiger partial charge in [0.2, 0.25) is 0 Å². The first-order chi connectivity index (χ1) is 11.3. The minimum Gasteiger partial charge on any atom is -0.327 e. The summed E-state index contributed by atoms with van der Waals surface area (Å²) >= 11 is 0. The largest absolute Gasteiger partial charge is 0.327 e. The molecule has 0 bridgehead atoms. The maximum atomic E-state index is 6.14. The number of rotatable bonds is 11. The molecule has 2 aromatic carbocycles. The van der Waals surface area contributed by atoms with Crippen molar-refractivity contribution in [3.8, 4) is 0 Å². The Balaban J connectivity index is 1.45. The van der Waals surface area contributed by atoms with Gasteiger partial charge in [0, 0.05) is 12.6 Å². The summed E-state index contributed by atoms with van der Waals surface area (Å²) in [7, 11) is 0. The van der Waals surface area contributed by atoms with E-state index in [9.17, 15) is 0 Å².